The lowest BCUT2D eigenvalue weighted by atomic mass is 10.3. The van der Waals surface area contributed by atoms with Gasteiger partial charge in [0.05, 0.1) is 12.7 Å². The van der Waals surface area contributed by atoms with Gasteiger partial charge in [-0.3, -0.25) is 0 Å². The lowest BCUT2D eigenvalue weighted by Crippen LogP contribution is -2.37. The molecule has 86 valence electrons. The third-order valence-corrected chi connectivity index (χ3v) is 1.97. The molecule has 0 radical (unpaired) electrons. The molecule has 0 spiro atoms. The van der Waals surface area contributed by atoms with E-state index in [0.29, 0.717) is 13.1 Å². The standard InChI is InChI=1S/C10H24N2O2/c1-4-11-8-10(13)9-12(3)6-7-14-5-2/h10-11,13H,4-9H2,1-3H3. The van der Waals surface area contributed by atoms with Crippen molar-refractivity contribution in [2.24, 2.45) is 0 Å². The van der Waals surface area contributed by atoms with Crippen LogP contribution in [0.2, 0.25) is 0 Å². The van der Waals surface area contributed by atoms with Gasteiger partial charge in [-0.2, -0.15) is 0 Å². The molecule has 0 rings (SSSR count). The summed E-state index contributed by atoms with van der Waals surface area (Å²) in [6, 6.07) is 0. The van der Waals surface area contributed by atoms with E-state index in [4.69, 9.17) is 4.74 Å². The Morgan fingerprint density at radius 1 is 1.43 bits per heavy atom. The van der Waals surface area contributed by atoms with Crippen LogP contribution in [0.3, 0.4) is 0 Å². The van der Waals surface area contributed by atoms with Crippen molar-refractivity contribution >= 4 is 0 Å². The molecule has 0 aliphatic carbocycles. The molecule has 0 amide bonds. The summed E-state index contributed by atoms with van der Waals surface area (Å²) >= 11 is 0. The maximum atomic E-state index is 9.56. The van der Waals surface area contributed by atoms with Gasteiger partial charge in [-0.15, -0.1) is 0 Å². The average Bonchev–Trinajstić information content (AvgIpc) is 2.15. The van der Waals surface area contributed by atoms with Gasteiger partial charge in [0.1, 0.15) is 0 Å². The summed E-state index contributed by atoms with van der Waals surface area (Å²) < 4.78 is 5.23. The van der Waals surface area contributed by atoms with E-state index in [-0.39, 0.29) is 6.10 Å². The average molecular weight is 204 g/mol. The van der Waals surface area contributed by atoms with Crippen molar-refractivity contribution in [1.82, 2.24) is 10.2 Å². The second kappa shape index (κ2) is 9.40. The van der Waals surface area contributed by atoms with Crippen LogP contribution in [0.4, 0.5) is 0 Å². The number of likely N-dealkylation sites (N-methyl/N-ethyl adjacent to an activating group) is 2. The highest BCUT2D eigenvalue weighted by Crippen LogP contribution is 1.88. The number of aliphatic hydroxyl groups is 1. The van der Waals surface area contributed by atoms with Crippen molar-refractivity contribution in [1.29, 1.82) is 0 Å². The SMILES string of the molecule is CCNCC(O)CN(C)CCOCC. The summed E-state index contributed by atoms with van der Waals surface area (Å²) in [7, 11) is 1.99. The van der Waals surface area contributed by atoms with Crippen LogP contribution in [0.1, 0.15) is 13.8 Å². The molecule has 4 nitrogen and oxygen atoms in total. The van der Waals surface area contributed by atoms with Crippen molar-refractivity contribution in [3.63, 3.8) is 0 Å². The molecule has 0 aromatic rings. The van der Waals surface area contributed by atoms with Crippen LogP contribution in [0.25, 0.3) is 0 Å². The fourth-order valence-corrected chi connectivity index (χ4v) is 1.19. The number of hydrogen-bond acceptors (Lipinski definition) is 4. The van der Waals surface area contributed by atoms with Gasteiger partial charge >= 0.3 is 0 Å². The predicted octanol–water partition coefficient (Wildman–Crippen LogP) is -0.0749. The molecule has 0 bridgehead atoms. The van der Waals surface area contributed by atoms with E-state index in [1.807, 2.05) is 20.9 Å². The smallest absolute Gasteiger partial charge is 0.0791 e. The first-order chi connectivity index (χ1) is 6.70. The molecule has 0 aliphatic heterocycles. The highest BCUT2D eigenvalue weighted by Gasteiger charge is 2.06. The van der Waals surface area contributed by atoms with Crippen LogP contribution in [0.5, 0.6) is 0 Å². The molecule has 0 saturated carbocycles. The summed E-state index contributed by atoms with van der Waals surface area (Å²) in [6.45, 7) is 8.65. The van der Waals surface area contributed by atoms with E-state index >= 15 is 0 Å². The maximum absolute atomic E-state index is 9.56. The monoisotopic (exact) mass is 204 g/mol. The second-order valence-electron chi connectivity index (χ2n) is 3.42. The van der Waals surface area contributed by atoms with E-state index in [9.17, 15) is 5.11 Å². The number of nitrogens with one attached hydrogen (secondary N) is 1. The first-order valence-electron chi connectivity index (χ1n) is 5.35. The van der Waals surface area contributed by atoms with Gasteiger partial charge in [0.2, 0.25) is 0 Å². The molecule has 0 aliphatic rings. The number of nitrogens with zero attached hydrogens (tertiary/aromatic N) is 1. The van der Waals surface area contributed by atoms with Crippen LogP contribution in [-0.4, -0.2) is 62.6 Å². The Kier molecular flexibility index (Phi) is 9.29. The van der Waals surface area contributed by atoms with E-state index in [2.05, 4.69) is 10.2 Å². The Hall–Kier alpha value is -0.160. The highest BCUT2D eigenvalue weighted by molar-refractivity contribution is 4.63. The molecule has 14 heavy (non-hydrogen) atoms. The Labute approximate surface area is 87.2 Å². The van der Waals surface area contributed by atoms with Crippen molar-refractivity contribution in [3.05, 3.63) is 0 Å². The zero-order chi connectivity index (χ0) is 10.8. The molecule has 1 atom stereocenters. The normalized spacial score (nSPS) is 13.5. The van der Waals surface area contributed by atoms with Crippen LogP contribution in [0.15, 0.2) is 0 Å². The summed E-state index contributed by atoms with van der Waals surface area (Å²) in [4.78, 5) is 2.08. The zero-order valence-electron chi connectivity index (χ0n) is 9.62. The summed E-state index contributed by atoms with van der Waals surface area (Å²) in [5, 5.41) is 12.7. The molecular formula is C10H24N2O2. The predicted molar refractivity (Wildman–Crippen MR) is 58.5 cm³/mol. The van der Waals surface area contributed by atoms with Crippen LogP contribution in [0, 0.1) is 0 Å². The number of ether oxygens (including phenoxy) is 1. The summed E-state index contributed by atoms with van der Waals surface area (Å²) in [5.41, 5.74) is 0. The van der Waals surface area contributed by atoms with E-state index in [0.717, 1.165) is 26.3 Å². The first kappa shape index (κ1) is 13.8. The molecule has 1 unspecified atom stereocenters. The van der Waals surface area contributed by atoms with Crippen LogP contribution < -0.4 is 5.32 Å². The van der Waals surface area contributed by atoms with Crippen molar-refractivity contribution in [3.8, 4) is 0 Å². The van der Waals surface area contributed by atoms with Gasteiger partial charge in [0, 0.05) is 26.2 Å². The Balaban J connectivity index is 3.35. The molecule has 0 aromatic carbocycles. The molecule has 4 heteroatoms. The maximum Gasteiger partial charge on any atom is 0.0791 e. The minimum atomic E-state index is -0.290. The largest absolute Gasteiger partial charge is 0.390 e. The Morgan fingerprint density at radius 3 is 2.71 bits per heavy atom. The van der Waals surface area contributed by atoms with Gasteiger partial charge in [-0.1, -0.05) is 6.92 Å². The fourth-order valence-electron chi connectivity index (χ4n) is 1.19. The van der Waals surface area contributed by atoms with Crippen LogP contribution in [-0.2, 0) is 4.74 Å². The molecule has 0 fully saturated rings. The molecule has 2 N–H and O–H groups in total. The fraction of sp³-hybridized carbons (Fsp3) is 1.00. The Bertz CT molecular complexity index is 123. The second-order valence-corrected chi connectivity index (χ2v) is 3.42. The number of rotatable bonds is 9. The molecule has 0 heterocycles. The van der Waals surface area contributed by atoms with Gasteiger partial charge < -0.3 is 20.1 Å². The zero-order valence-corrected chi connectivity index (χ0v) is 9.62. The molecular weight excluding hydrogens is 180 g/mol. The summed E-state index contributed by atoms with van der Waals surface area (Å²) in [5.74, 6) is 0. The Morgan fingerprint density at radius 2 is 2.14 bits per heavy atom. The lowest BCUT2D eigenvalue weighted by molar-refractivity contribution is 0.0889. The minimum Gasteiger partial charge on any atom is -0.390 e. The third kappa shape index (κ3) is 8.44. The minimum absolute atomic E-state index is 0.290. The van der Waals surface area contributed by atoms with Gasteiger partial charge in [0.25, 0.3) is 0 Å². The van der Waals surface area contributed by atoms with Crippen molar-refractivity contribution in [2.45, 2.75) is 20.0 Å². The lowest BCUT2D eigenvalue weighted by Gasteiger charge is -2.20. The van der Waals surface area contributed by atoms with Gasteiger partial charge in [-0.25, -0.2) is 0 Å². The van der Waals surface area contributed by atoms with Crippen LogP contribution >= 0.6 is 0 Å². The number of aliphatic hydroxyl groups excluding tert-OH is 1. The van der Waals surface area contributed by atoms with Gasteiger partial charge in [0.15, 0.2) is 0 Å². The third-order valence-electron chi connectivity index (χ3n) is 1.97. The van der Waals surface area contributed by atoms with E-state index in [1.54, 1.807) is 0 Å². The molecule has 0 aromatic heterocycles. The van der Waals surface area contributed by atoms with Gasteiger partial charge in [-0.05, 0) is 20.5 Å². The topological polar surface area (TPSA) is 44.7 Å². The quantitative estimate of drug-likeness (QED) is 0.516. The summed E-state index contributed by atoms with van der Waals surface area (Å²) in [6.07, 6.45) is -0.290. The van der Waals surface area contributed by atoms with Crippen molar-refractivity contribution in [2.75, 3.05) is 46.4 Å². The first-order valence-corrected chi connectivity index (χ1v) is 5.35. The highest BCUT2D eigenvalue weighted by atomic mass is 16.5. The molecule has 0 saturated heterocycles. The van der Waals surface area contributed by atoms with E-state index < -0.39 is 0 Å². The number of hydrogen-bond donors (Lipinski definition) is 2. The van der Waals surface area contributed by atoms with Crippen molar-refractivity contribution < 1.29 is 9.84 Å². The van der Waals surface area contributed by atoms with E-state index in [1.165, 1.54) is 0 Å².